The number of nitrogens with zero attached hydrogens (tertiary/aromatic N) is 1. The maximum absolute atomic E-state index is 6.10. The van der Waals surface area contributed by atoms with Gasteiger partial charge in [-0.3, -0.25) is 0 Å². The number of alkyl halides is 1. The Kier molecular flexibility index (Phi) is 6.78. The van der Waals surface area contributed by atoms with Crippen molar-refractivity contribution in [2.24, 2.45) is 0 Å². The summed E-state index contributed by atoms with van der Waals surface area (Å²) in [4.78, 5) is 4.05. The van der Waals surface area contributed by atoms with Gasteiger partial charge in [0.05, 0.1) is 0 Å². The average Bonchev–Trinajstić information content (AvgIpc) is 2.28. The Morgan fingerprint density at radius 3 is 2.67 bits per heavy atom. The largest absolute Gasteiger partial charge is 3.00 e. The van der Waals surface area contributed by atoms with E-state index in [0.717, 1.165) is 22.3 Å². The third-order valence-corrected chi connectivity index (χ3v) is 3.60. The van der Waals surface area contributed by atoms with E-state index >= 15 is 0 Å². The first kappa shape index (κ1) is 16.6. The Balaban J connectivity index is 0.00000162. The quantitative estimate of drug-likeness (QED) is 0.377. The van der Waals surface area contributed by atoms with Crippen LogP contribution in [-0.4, -0.2) is 4.98 Å². The van der Waals surface area contributed by atoms with Crippen LogP contribution in [-0.2, 0) is 38.0 Å². The standard InChI is InChI=1S/C13H9BrCl2N.Y/c1-8-4-2-3-5-9(8)10-6-12(15)17-13(16)11(10)7-14;/h3-6H,7H2,1H3;/q-1;+3. The van der Waals surface area contributed by atoms with Crippen molar-refractivity contribution in [2.75, 3.05) is 0 Å². The van der Waals surface area contributed by atoms with Crippen LogP contribution >= 0.6 is 39.1 Å². The molecule has 1 aromatic carbocycles. The summed E-state index contributed by atoms with van der Waals surface area (Å²) in [6, 6.07) is 10.7. The summed E-state index contributed by atoms with van der Waals surface area (Å²) in [6.45, 7) is 2.03. The van der Waals surface area contributed by atoms with Crippen molar-refractivity contribution in [3.05, 3.63) is 51.8 Å². The zero-order valence-electron chi connectivity index (χ0n) is 9.67. The summed E-state index contributed by atoms with van der Waals surface area (Å²) >= 11 is 15.5. The van der Waals surface area contributed by atoms with Crippen LogP contribution in [0.2, 0.25) is 10.3 Å². The van der Waals surface area contributed by atoms with Crippen LogP contribution in [0.3, 0.4) is 0 Å². The predicted octanol–water partition coefficient (Wildman–Crippen LogP) is 5.06. The van der Waals surface area contributed by atoms with Crippen molar-refractivity contribution < 1.29 is 32.7 Å². The van der Waals surface area contributed by atoms with Gasteiger partial charge in [-0.15, -0.1) is 5.56 Å². The molecule has 1 heterocycles. The van der Waals surface area contributed by atoms with Gasteiger partial charge < -0.3 is 0 Å². The van der Waals surface area contributed by atoms with Gasteiger partial charge in [-0.1, -0.05) is 46.1 Å². The number of halogens is 3. The topological polar surface area (TPSA) is 12.9 Å². The van der Waals surface area contributed by atoms with Gasteiger partial charge in [0.2, 0.25) is 0 Å². The van der Waals surface area contributed by atoms with Crippen LogP contribution < -0.4 is 0 Å². The van der Waals surface area contributed by atoms with Crippen molar-refractivity contribution >= 4 is 39.1 Å². The maximum Gasteiger partial charge on any atom is 3.00 e. The molecule has 0 amide bonds. The Bertz CT molecular complexity index is 561. The van der Waals surface area contributed by atoms with E-state index in [9.17, 15) is 0 Å². The summed E-state index contributed by atoms with van der Waals surface area (Å²) in [6.07, 6.45) is 0. The molecule has 2 rings (SSSR count). The molecule has 88 valence electrons. The predicted molar refractivity (Wildman–Crippen MR) is 75.9 cm³/mol. The number of benzene rings is 1. The fourth-order valence-corrected chi connectivity index (χ4v) is 2.92. The molecule has 0 saturated heterocycles. The van der Waals surface area contributed by atoms with Crippen LogP contribution in [0.1, 0.15) is 11.1 Å². The van der Waals surface area contributed by atoms with E-state index in [1.54, 1.807) is 0 Å². The molecule has 0 atom stereocenters. The summed E-state index contributed by atoms with van der Waals surface area (Å²) in [5.74, 6) is 0. The molecule has 0 unspecified atom stereocenters. The second-order valence-electron chi connectivity index (χ2n) is 3.64. The average molecular weight is 419 g/mol. The number of rotatable bonds is 2. The van der Waals surface area contributed by atoms with Gasteiger partial charge in [0.1, 0.15) is 10.3 Å². The Morgan fingerprint density at radius 1 is 1.33 bits per heavy atom. The zero-order chi connectivity index (χ0) is 12.4. The monoisotopic (exact) mass is 417 g/mol. The first-order valence-corrected chi connectivity index (χ1v) is 6.89. The summed E-state index contributed by atoms with van der Waals surface area (Å²) < 4.78 is 0. The SMILES string of the molecule is Cc1c[c-]ccc1-c1cc(Cl)nc(Cl)c1CBr.[Y+3]. The zero-order valence-corrected chi connectivity index (χ0v) is 15.6. The number of pyridine rings is 1. The van der Waals surface area contributed by atoms with Crippen LogP contribution in [0.4, 0.5) is 0 Å². The van der Waals surface area contributed by atoms with Crippen molar-refractivity contribution in [1.29, 1.82) is 0 Å². The van der Waals surface area contributed by atoms with Crippen molar-refractivity contribution in [3.8, 4) is 11.1 Å². The fraction of sp³-hybridized carbons (Fsp3) is 0.154. The van der Waals surface area contributed by atoms with Crippen molar-refractivity contribution in [2.45, 2.75) is 12.3 Å². The molecule has 0 radical (unpaired) electrons. The van der Waals surface area contributed by atoms with E-state index in [4.69, 9.17) is 23.2 Å². The molecule has 18 heavy (non-hydrogen) atoms. The first-order valence-electron chi connectivity index (χ1n) is 5.01. The molecule has 2 aromatic rings. The van der Waals surface area contributed by atoms with Crippen LogP contribution in [0, 0.1) is 13.0 Å². The molecule has 0 saturated carbocycles. The second kappa shape index (κ2) is 7.35. The second-order valence-corrected chi connectivity index (χ2v) is 4.94. The molecule has 0 bridgehead atoms. The molecule has 0 aliphatic carbocycles. The number of aryl methyl sites for hydroxylation is 1. The van der Waals surface area contributed by atoms with Gasteiger partial charge in [0.15, 0.2) is 0 Å². The molecule has 0 N–H and O–H groups in total. The molecule has 1 nitrogen and oxygen atoms in total. The van der Waals surface area contributed by atoms with Crippen LogP contribution in [0.15, 0.2) is 24.3 Å². The van der Waals surface area contributed by atoms with E-state index < -0.39 is 0 Å². The molecule has 5 heteroatoms. The van der Waals surface area contributed by atoms with E-state index in [1.807, 2.05) is 31.2 Å². The van der Waals surface area contributed by atoms with Crippen molar-refractivity contribution in [1.82, 2.24) is 4.98 Å². The van der Waals surface area contributed by atoms with Crippen molar-refractivity contribution in [3.63, 3.8) is 0 Å². The van der Waals surface area contributed by atoms with Gasteiger partial charge in [-0.25, -0.2) is 4.98 Å². The smallest absolute Gasteiger partial charge is 0.224 e. The molecule has 0 aliphatic heterocycles. The fourth-order valence-electron chi connectivity index (χ4n) is 1.69. The minimum Gasteiger partial charge on any atom is -0.224 e. The summed E-state index contributed by atoms with van der Waals surface area (Å²) in [5, 5.41) is 1.49. The molecular weight excluding hydrogens is 410 g/mol. The normalized spacial score (nSPS) is 10.0. The van der Waals surface area contributed by atoms with Gasteiger partial charge >= 0.3 is 32.7 Å². The van der Waals surface area contributed by atoms with Gasteiger partial charge in [0, 0.05) is 10.9 Å². The minimum absolute atomic E-state index is 0. The van der Waals surface area contributed by atoms with E-state index in [1.165, 1.54) is 0 Å². The minimum atomic E-state index is 0. The van der Waals surface area contributed by atoms with Crippen LogP contribution in [0.25, 0.3) is 11.1 Å². The first-order chi connectivity index (χ1) is 8.13. The Labute approximate surface area is 150 Å². The molecular formula is C13H9BrCl2NY+2. The number of aromatic nitrogens is 1. The van der Waals surface area contributed by atoms with E-state index in [2.05, 4.69) is 27.0 Å². The van der Waals surface area contributed by atoms with Gasteiger partial charge in [0.25, 0.3) is 0 Å². The van der Waals surface area contributed by atoms with Gasteiger partial charge in [-0.2, -0.15) is 29.8 Å². The molecule has 0 spiro atoms. The maximum atomic E-state index is 6.10. The van der Waals surface area contributed by atoms with E-state index in [0.29, 0.717) is 15.6 Å². The summed E-state index contributed by atoms with van der Waals surface area (Å²) in [7, 11) is 0. The van der Waals surface area contributed by atoms with Crippen LogP contribution in [0.5, 0.6) is 0 Å². The molecule has 0 aliphatic rings. The molecule has 1 aromatic heterocycles. The van der Waals surface area contributed by atoms with E-state index in [-0.39, 0.29) is 32.7 Å². The summed E-state index contributed by atoms with van der Waals surface area (Å²) in [5.41, 5.74) is 4.20. The number of hydrogen-bond acceptors (Lipinski definition) is 1. The molecule has 0 fully saturated rings. The third-order valence-electron chi connectivity index (χ3n) is 2.54. The number of hydrogen-bond donors (Lipinski definition) is 0. The third kappa shape index (κ3) is 3.55. The Hall–Kier alpha value is 0.534. The van der Waals surface area contributed by atoms with Gasteiger partial charge in [-0.05, 0) is 11.6 Å². The Morgan fingerprint density at radius 2 is 2.06 bits per heavy atom.